The molecule has 0 bridgehead atoms. The maximum absolute atomic E-state index is 10.2. The first-order chi connectivity index (χ1) is 14.5. The van der Waals surface area contributed by atoms with E-state index in [2.05, 4.69) is 24.1 Å². The van der Waals surface area contributed by atoms with Crippen molar-refractivity contribution in [3.8, 4) is 17.9 Å². The van der Waals surface area contributed by atoms with Gasteiger partial charge in [-0.15, -0.1) is 0 Å². The van der Waals surface area contributed by atoms with Crippen LogP contribution in [0.1, 0.15) is 57.4 Å². The van der Waals surface area contributed by atoms with Crippen LogP contribution >= 0.6 is 0 Å². The zero-order valence-corrected chi connectivity index (χ0v) is 17.6. The molecule has 7 heteroatoms. The summed E-state index contributed by atoms with van der Waals surface area (Å²) in [5, 5.41) is 20.2. The summed E-state index contributed by atoms with van der Waals surface area (Å²) < 4.78 is 17.6. The third-order valence-corrected chi connectivity index (χ3v) is 6.53. The predicted molar refractivity (Wildman–Crippen MR) is 110 cm³/mol. The minimum absolute atomic E-state index is 0.109. The van der Waals surface area contributed by atoms with Crippen LogP contribution in [-0.4, -0.2) is 31.1 Å². The molecule has 1 aromatic rings. The fourth-order valence-electron chi connectivity index (χ4n) is 5.01. The van der Waals surface area contributed by atoms with Crippen LogP contribution in [0.25, 0.3) is 0 Å². The van der Waals surface area contributed by atoms with Crippen molar-refractivity contribution in [1.29, 1.82) is 10.5 Å². The highest BCUT2D eigenvalue weighted by molar-refractivity contribution is 6.00. The Labute approximate surface area is 177 Å². The summed E-state index contributed by atoms with van der Waals surface area (Å²) in [6.07, 6.45) is 5.70. The Hall–Kier alpha value is -2.61. The lowest BCUT2D eigenvalue weighted by Crippen LogP contribution is -2.39. The number of amidine groups is 1. The quantitative estimate of drug-likeness (QED) is 0.657. The summed E-state index contributed by atoms with van der Waals surface area (Å²) in [6.45, 7) is 5.04. The third kappa shape index (κ3) is 2.66. The van der Waals surface area contributed by atoms with Gasteiger partial charge in [0.2, 0.25) is 0 Å². The molecule has 30 heavy (non-hydrogen) atoms. The lowest BCUT2D eigenvalue weighted by Gasteiger charge is -2.26. The Kier molecular flexibility index (Phi) is 5.22. The van der Waals surface area contributed by atoms with E-state index in [1.54, 1.807) is 0 Å². The van der Waals surface area contributed by atoms with Crippen LogP contribution in [0, 0.1) is 33.5 Å². The number of benzene rings is 1. The van der Waals surface area contributed by atoms with E-state index in [0.29, 0.717) is 13.2 Å². The number of nitriles is 2. The highest BCUT2D eigenvalue weighted by Crippen LogP contribution is 2.82. The molecule has 2 heterocycles. The standard InChI is InChI=1S/C23H28N4O3/c1-3-4-5-6-7-12-28-18-10-8-17(9-11-18)19-21(14-24)20(26)27-23(22(19,21)15-25)29-13-16(2)30-23/h8-11,16,19H,3-7,12-13H2,1-2H3,(H2,26,27). The number of aliphatic imine (C=N–C) groups is 1. The zero-order chi connectivity index (χ0) is 21.4. The number of unbranched alkanes of at least 4 members (excludes halogenated alkanes) is 4. The summed E-state index contributed by atoms with van der Waals surface area (Å²) >= 11 is 0. The van der Waals surface area contributed by atoms with Crippen molar-refractivity contribution >= 4 is 5.84 Å². The molecule has 4 rings (SSSR count). The van der Waals surface area contributed by atoms with Gasteiger partial charge in [-0.05, 0) is 31.0 Å². The average molecular weight is 409 g/mol. The average Bonchev–Trinajstić information content (AvgIpc) is 3.14. The first kappa shape index (κ1) is 20.7. The van der Waals surface area contributed by atoms with Crippen molar-refractivity contribution in [2.45, 2.75) is 63.9 Å². The zero-order valence-electron chi connectivity index (χ0n) is 17.6. The van der Waals surface area contributed by atoms with E-state index in [9.17, 15) is 10.5 Å². The van der Waals surface area contributed by atoms with Crippen LogP contribution in [0.15, 0.2) is 29.3 Å². The van der Waals surface area contributed by atoms with Crippen molar-refractivity contribution in [3.63, 3.8) is 0 Å². The Balaban J connectivity index is 1.52. The van der Waals surface area contributed by atoms with E-state index >= 15 is 0 Å². The summed E-state index contributed by atoms with van der Waals surface area (Å²) in [5.74, 6) is -1.10. The van der Waals surface area contributed by atoms with Gasteiger partial charge in [-0.3, -0.25) is 0 Å². The molecule has 2 aliphatic heterocycles. The number of ether oxygens (including phenoxy) is 3. The summed E-state index contributed by atoms with van der Waals surface area (Å²) in [6, 6.07) is 12.1. The Bertz CT molecular complexity index is 918. The largest absolute Gasteiger partial charge is 0.494 e. The van der Waals surface area contributed by atoms with Crippen LogP contribution in [-0.2, 0) is 9.47 Å². The van der Waals surface area contributed by atoms with Crippen molar-refractivity contribution in [3.05, 3.63) is 29.8 Å². The SMILES string of the molecule is CCCCCCCOc1ccc(C2C3(C#N)C(N)=NC4(OCC(C)O4)C23C#N)cc1. The van der Waals surface area contributed by atoms with Crippen LogP contribution in [0.3, 0.4) is 0 Å². The molecule has 1 saturated heterocycles. The maximum Gasteiger partial charge on any atom is 0.293 e. The number of nitrogens with zero attached hydrogens (tertiary/aromatic N) is 3. The summed E-state index contributed by atoms with van der Waals surface area (Å²) in [4.78, 5) is 4.33. The predicted octanol–water partition coefficient (Wildman–Crippen LogP) is 3.61. The second-order valence-corrected chi connectivity index (χ2v) is 8.42. The van der Waals surface area contributed by atoms with E-state index in [0.717, 1.165) is 17.7 Å². The van der Waals surface area contributed by atoms with E-state index < -0.39 is 22.7 Å². The lowest BCUT2D eigenvalue weighted by atomic mass is 9.94. The van der Waals surface area contributed by atoms with Crippen LogP contribution in [0.5, 0.6) is 5.75 Å². The van der Waals surface area contributed by atoms with E-state index in [4.69, 9.17) is 19.9 Å². The van der Waals surface area contributed by atoms with Crippen molar-refractivity contribution in [2.75, 3.05) is 13.2 Å². The van der Waals surface area contributed by atoms with Gasteiger partial charge in [0.25, 0.3) is 5.91 Å². The summed E-state index contributed by atoms with van der Waals surface area (Å²) in [7, 11) is 0. The van der Waals surface area contributed by atoms with Gasteiger partial charge in [0.1, 0.15) is 17.0 Å². The molecule has 1 saturated carbocycles. The second kappa shape index (κ2) is 7.58. The molecule has 2 N–H and O–H groups in total. The molecule has 1 spiro atoms. The van der Waals surface area contributed by atoms with Crippen LogP contribution in [0.4, 0.5) is 0 Å². The maximum atomic E-state index is 10.2. The normalized spacial score (nSPS) is 36.1. The van der Waals surface area contributed by atoms with Gasteiger partial charge in [0, 0.05) is 5.92 Å². The molecule has 7 nitrogen and oxygen atoms in total. The number of rotatable bonds is 8. The van der Waals surface area contributed by atoms with Gasteiger partial charge in [-0.2, -0.15) is 10.5 Å². The number of fused-ring (bicyclic) bond motifs is 2. The number of hydrogen-bond acceptors (Lipinski definition) is 7. The molecule has 5 atom stereocenters. The van der Waals surface area contributed by atoms with Crippen molar-refractivity contribution < 1.29 is 14.2 Å². The Morgan fingerprint density at radius 3 is 2.50 bits per heavy atom. The first-order valence-electron chi connectivity index (χ1n) is 10.7. The topological polar surface area (TPSA) is 114 Å². The minimum atomic E-state index is -1.51. The van der Waals surface area contributed by atoms with E-state index in [-0.39, 0.29) is 11.9 Å². The van der Waals surface area contributed by atoms with Crippen molar-refractivity contribution in [1.82, 2.24) is 0 Å². The van der Waals surface area contributed by atoms with Gasteiger partial charge in [0.15, 0.2) is 5.41 Å². The van der Waals surface area contributed by atoms with Gasteiger partial charge in [0.05, 0.1) is 31.5 Å². The lowest BCUT2D eigenvalue weighted by molar-refractivity contribution is -0.193. The highest BCUT2D eigenvalue weighted by Gasteiger charge is 2.94. The van der Waals surface area contributed by atoms with Crippen molar-refractivity contribution in [2.24, 2.45) is 21.6 Å². The molecule has 1 aromatic carbocycles. The van der Waals surface area contributed by atoms with Gasteiger partial charge >= 0.3 is 0 Å². The molecule has 2 fully saturated rings. The molecule has 5 unspecified atom stereocenters. The van der Waals surface area contributed by atoms with E-state index in [1.807, 2.05) is 31.2 Å². The molecular weight excluding hydrogens is 380 g/mol. The first-order valence-corrected chi connectivity index (χ1v) is 10.7. The third-order valence-electron chi connectivity index (χ3n) is 6.53. The van der Waals surface area contributed by atoms with Gasteiger partial charge in [-0.1, -0.05) is 44.7 Å². The molecule has 0 radical (unpaired) electrons. The molecule has 1 aliphatic carbocycles. The second-order valence-electron chi connectivity index (χ2n) is 8.42. The smallest absolute Gasteiger partial charge is 0.293 e. The Morgan fingerprint density at radius 1 is 1.17 bits per heavy atom. The van der Waals surface area contributed by atoms with E-state index in [1.165, 1.54) is 25.7 Å². The highest BCUT2D eigenvalue weighted by atomic mass is 16.8. The summed E-state index contributed by atoms with van der Waals surface area (Å²) in [5.41, 5.74) is 4.49. The van der Waals surface area contributed by atoms with Gasteiger partial charge < -0.3 is 19.9 Å². The minimum Gasteiger partial charge on any atom is -0.494 e. The fourth-order valence-corrected chi connectivity index (χ4v) is 5.01. The molecular formula is C23H28N4O3. The van der Waals surface area contributed by atoms with Crippen LogP contribution < -0.4 is 10.5 Å². The molecule has 158 valence electrons. The fraction of sp³-hybridized carbons (Fsp3) is 0.609. The molecule has 0 aromatic heterocycles. The van der Waals surface area contributed by atoms with Gasteiger partial charge in [-0.25, -0.2) is 4.99 Å². The van der Waals surface area contributed by atoms with Crippen LogP contribution in [0.2, 0.25) is 0 Å². The molecule has 0 amide bonds. The number of nitrogens with two attached hydrogens (primary N) is 1. The number of hydrogen-bond donors (Lipinski definition) is 1. The monoisotopic (exact) mass is 408 g/mol. The molecule has 3 aliphatic rings. The Morgan fingerprint density at radius 2 is 1.90 bits per heavy atom.